The normalized spacial score (nSPS) is 17.4. The first-order valence-corrected chi connectivity index (χ1v) is 7.36. The first-order valence-electron chi connectivity index (χ1n) is 5.60. The first-order chi connectivity index (χ1) is 8.49. The third-order valence-corrected chi connectivity index (χ3v) is 3.10. The molecule has 0 bridgehead atoms. The molecule has 1 aromatic carbocycles. The quantitative estimate of drug-likeness (QED) is 0.643. The number of aryl methyl sites for hydroxylation is 1. The Labute approximate surface area is 105 Å². The van der Waals surface area contributed by atoms with Crippen LogP contribution in [0.3, 0.4) is 0 Å². The Morgan fingerprint density at radius 3 is 2.78 bits per heavy atom. The van der Waals surface area contributed by atoms with Crippen molar-refractivity contribution in [3.8, 4) is 5.75 Å². The van der Waals surface area contributed by atoms with Gasteiger partial charge in [-0.15, -0.1) is 0 Å². The Hall–Kier alpha value is -1.36. The summed E-state index contributed by atoms with van der Waals surface area (Å²) in [7, 11) is -1.94. The van der Waals surface area contributed by atoms with Crippen LogP contribution in [0.2, 0.25) is 0 Å². The topological polar surface area (TPSA) is 99.9 Å². The summed E-state index contributed by atoms with van der Waals surface area (Å²) < 4.78 is 20.9. The standard InChI is InChI=1S/C11H16N3O3P/c1-16-9-5-6-10-8(7-9)3-2-4-11(10)14-17-18(12,13)15/h5-7H,2-4H2,1H3,(H4,12,13,15)/b14-11+. The molecule has 1 aliphatic carbocycles. The molecule has 4 N–H and O–H groups in total. The second kappa shape index (κ2) is 5.10. The molecular weight excluding hydrogens is 253 g/mol. The van der Waals surface area contributed by atoms with E-state index < -0.39 is 7.67 Å². The zero-order chi connectivity index (χ0) is 13.2. The fourth-order valence-corrected chi connectivity index (χ4v) is 2.20. The van der Waals surface area contributed by atoms with Crippen LogP contribution in [0.4, 0.5) is 0 Å². The summed E-state index contributed by atoms with van der Waals surface area (Å²) in [6.45, 7) is 0. The maximum absolute atomic E-state index is 11.1. The van der Waals surface area contributed by atoms with E-state index in [0.717, 1.165) is 41.9 Å². The van der Waals surface area contributed by atoms with Gasteiger partial charge in [-0.05, 0) is 43.0 Å². The van der Waals surface area contributed by atoms with E-state index >= 15 is 0 Å². The SMILES string of the molecule is COc1ccc2c(c1)CCC/C2=N\OP(N)(N)=O. The minimum Gasteiger partial charge on any atom is -0.497 e. The lowest BCUT2D eigenvalue weighted by Gasteiger charge is -2.18. The Bertz CT molecular complexity index is 524. The number of nitrogens with zero attached hydrogens (tertiary/aromatic N) is 1. The molecule has 2 rings (SSSR count). The zero-order valence-corrected chi connectivity index (χ0v) is 11.0. The van der Waals surface area contributed by atoms with Gasteiger partial charge >= 0.3 is 7.67 Å². The third kappa shape index (κ3) is 3.10. The Balaban J connectivity index is 2.31. The summed E-state index contributed by atoms with van der Waals surface area (Å²) in [6, 6.07) is 5.73. The summed E-state index contributed by atoms with van der Waals surface area (Å²) in [5.41, 5.74) is 13.0. The van der Waals surface area contributed by atoms with E-state index in [1.807, 2.05) is 18.2 Å². The molecule has 6 nitrogen and oxygen atoms in total. The van der Waals surface area contributed by atoms with E-state index in [1.165, 1.54) is 0 Å². The first kappa shape index (κ1) is 13.1. The van der Waals surface area contributed by atoms with Crippen LogP contribution in [0.5, 0.6) is 5.75 Å². The van der Waals surface area contributed by atoms with Crippen LogP contribution in [-0.4, -0.2) is 12.8 Å². The highest BCUT2D eigenvalue weighted by atomic mass is 31.2. The maximum Gasteiger partial charge on any atom is 0.405 e. The number of methoxy groups -OCH3 is 1. The number of rotatable bonds is 3. The lowest BCUT2D eigenvalue weighted by molar-refractivity contribution is 0.333. The highest BCUT2D eigenvalue weighted by Gasteiger charge is 2.18. The number of ether oxygens (including phenoxy) is 1. The summed E-state index contributed by atoms with van der Waals surface area (Å²) in [5.74, 6) is 0.805. The van der Waals surface area contributed by atoms with Crippen LogP contribution in [0.25, 0.3) is 0 Å². The molecule has 1 aromatic rings. The Morgan fingerprint density at radius 2 is 2.11 bits per heavy atom. The Morgan fingerprint density at radius 1 is 1.33 bits per heavy atom. The van der Waals surface area contributed by atoms with E-state index in [-0.39, 0.29) is 0 Å². The van der Waals surface area contributed by atoms with Crippen LogP contribution in [0.15, 0.2) is 23.4 Å². The van der Waals surface area contributed by atoms with Crippen molar-refractivity contribution in [2.45, 2.75) is 19.3 Å². The molecule has 98 valence electrons. The molecule has 0 heterocycles. The van der Waals surface area contributed by atoms with Crippen molar-refractivity contribution >= 4 is 13.4 Å². The fraction of sp³-hybridized carbons (Fsp3) is 0.364. The van der Waals surface area contributed by atoms with Crippen LogP contribution in [-0.2, 0) is 15.6 Å². The number of oxime groups is 1. The van der Waals surface area contributed by atoms with Crippen molar-refractivity contribution in [1.29, 1.82) is 0 Å². The second-order valence-corrected chi connectivity index (χ2v) is 5.60. The molecule has 0 radical (unpaired) electrons. The van der Waals surface area contributed by atoms with Crippen LogP contribution < -0.4 is 15.7 Å². The highest BCUT2D eigenvalue weighted by molar-refractivity contribution is 7.53. The molecule has 0 saturated carbocycles. The molecule has 0 aliphatic heterocycles. The molecule has 0 fully saturated rings. The monoisotopic (exact) mass is 269 g/mol. The fourth-order valence-electron chi connectivity index (χ4n) is 1.97. The van der Waals surface area contributed by atoms with Gasteiger partial charge in [0.05, 0.1) is 12.8 Å². The predicted molar refractivity (Wildman–Crippen MR) is 69.5 cm³/mol. The molecule has 0 atom stereocenters. The summed E-state index contributed by atoms with van der Waals surface area (Å²) in [4.78, 5) is 0. The number of fused-ring (bicyclic) bond motifs is 1. The van der Waals surface area contributed by atoms with Gasteiger partial charge in [0, 0.05) is 5.56 Å². The van der Waals surface area contributed by atoms with E-state index in [0.29, 0.717) is 0 Å². The van der Waals surface area contributed by atoms with Crippen LogP contribution in [0, 0.1) is 0 Å². The van der Waals surface area contributed by atoms with E-state index in [9.17, 15) is 4.57 Å². The molecular formula is C11H16N3O3P. The average molecular weight is 269 g/mol. The van der Waals surface area contributed by atoms with Crippen molar-refractivity contribution in [1.82, 2.24) is 0 Å². The van der Waals surface area contributed by atoms with Gasteiger partial charge in [-0.2, -0.15) is 0 Å². The molecule has 18 heavy (non-hydrogen) atoms. The van der Waals surface area contributed by atoms with Crippen molar-refractivity contribution < 1.29 is 13.9 Å². The smallest absolute Gasteiger partial charge is 0.405 e. The van der Waals surface area contributed by atoms with E-state index in [1.54, 1.807) is 7.11 Å². The molecule has 0 aromatic heterocycles. The van der Waals surface area contributed by atoms with Gasteiger partial charge in [-0.1, -0.05) is 5.16 Å². The molecule has 7 heteroatoms. The van der Waals surface area contributed by atoms with Gasteiger partial charge < -0.3 is 9.36 Å². The number of benzene rings is 1. The van der Waals surface area contributed by atoms with E-state index in [2.05, 4.69) is 9.78 Å². The number of hydrogen-bond acceptors (Lipinski definition) is 4. The number of nitrogens with two attached hydrogens (primary N) is 2. The summed E-state index contributed by atoms with van der Waals surface area (Å²) in [5, 5.41) is 3.81. The Kier molecular flexibility index (Phi) is 3.71. The van der Waals surface area contributed by atoms with Gasteiger partial charge in [0.25, 0.3) is 0 Å². The molecule has 1 aliphatic rings. The predicted octanol–water partition coefficient (Wildman–Crippen LogP) is 1.78. The minimum atomic E-state index is -3.57. The molecule has 0 saturated heterocycles. The van der Waals surface area contributed by atoms with Crippen molar-refractivity contribution in [3.05, 3.63) is 29.3 Å². The summed E-state index contributed by atoms with van der Waals surface area (Å²) >= 11 is 0. The molecule has 0 amide bonds. The van der Waals surface area contributed by atoms with Crippen LogP contribution in [0.1, 0.15) is 24.0 Å². The van der Waals surface area contributed by atoms with Gasteiger partial charge in [0.1, 0.15) is 5.75 Å². The largest absolute Gasteiger partial charge is 0.497 e. The van der Waals surface area contributed by atoms with Gasteiger partial charge in [-0.3, -0.25) is 0 Å². The minimum absolute atomic E-state index is 0.718. The van der Waals surface area contributed by atoms with Gasteiger partial charge in [0.15, 0.2) is 0 Å². The summed E-state index contributed by atoms with van der Waals surface area (Å²) in [6.07, 6.45) is 2.65. The second-order valence-electron chi connectivity index (χ2n) is 4.14. The average Bonchev–Trinajstić information content (AvgIpc) is 2.34. The molecule has 0 unspecified atom stereocenters. The third-order valence-electron chi connectivity index (χ3n) is 2.76. The van der Waals surface area contributed by atoms with Gasteiger partial charge in [0.2, 0.25) is 0 Å². The van der Waals surface area contributed by atoms with Crippen LogP contribution >= 0.6 is 7.67 Å². The van der Waals surface area contributed by atoms with Crippen molar-refractivity contribution in [2.75, 3.05) is 7.11 Å². The lowest BCUT2D eigenvalue weighted by Crippen LogP contribution is -2.14. The van der Waals surface area contributed by atoms with Gasteiger partial charge in [-0.25, -0.2) is 15.6 Å². The molecule has 0 spiro atoms. The zero-order valence-electron chi connectivity index (χ0n) is 10.1. The van der Waals surface area contributed by atoms with Crippen molar-refractivity contribution in [3.63, 3.8) is 0 Å². The van der Waals surface area contributed by atoms with E-state index in [4.69, 9.17) is 15.7 Å². The number of hydrogen-bond donors (Lipinski definition) is 2. The lowest BCUT2D eigenvalue weighted by atomic mass is 9.90. The highest BCUT2D eigenvalue weighted by Crippen LogP contribution is 2.30. The van der Waals surface area contributed by atoms with Crippen molar-refractivity contribution in [2.24, 2.45) is 16.2 Å². The maximum atomic E-state index is 11.1.